The molecule has 0 bridgehead atoms. The van der Waals surface area contributed by atoms with E-state index in [-0.39, 0.29) is 18.2 Å². The van der Waals surface area contributed by atoms with Crippen molar-refractivity contribution in [3.8, 4) is 18.0 Å². The van der Waals surface area contributed by atoms with Gasteiger partial charge < -0.3 is 24.1 Å². The number of hydrogen-bond acceptors (Lipinski definition) is 9. The van der Waals surface area contributed by atoms with Crippen LogP contribution in [0.15, 0.2) is 18.5 Å². The van der Waals surface area contributed by atoms with Crippen LogP contribution in [0.5, 0.6) is 5.88 Å². The highest BCUT2D eigenvalue weighted by Gasteiger charge is 2.32. The highest BCUT2D eigenvalue weighted by atomic mass is 16.5. The van der Waals surface area contributed by atoms with Crippen molar-refractivity contribution < 1.29 is 14.2 Å². The zero-order valence-corrected chi connectivity index (χ0v) is 18.3. The summed E-state index contributed by atoms with van der Waals surface area (Å²) in [5.74, 6) is 0.662. The van der Waals surface area contributed by atoms with E-state index in [1.54, 1.807) is 32.5 Å². The zero-order chi connectivity index (χ0) is 22.8. The summed E-state index contributed by atoms with van der Waals surface area (Å²) in [6.07, 6.45) is 3.06. The number of ether oxygens (including phenoxy) is 3. The van der Waals surface area contributed by atoms with Gasteiger partial charge in [-0.3, -0.25) is 0 Å². The molecule has 4 heterocycles. The normalized spacial score (nSPS) is 19.1. The molecule has 3 atom stereocenters. The lowest BCUT2D eigenvalue weighted by atomic mass is 10.2. The molecule has 11 heteroatoms. The first kappa shape index (κ1) is 21.6. The molecule has 0 radical (unpaired) electrons. The van der Waals surface area contributed by atoms with Gasteiger partial charge in [0.2, 0.25) is 5.95 Å². The van der Waals surface area contributed by atoms with Crippen molar-refractivity contribution in [2.45, 2.75) is 45.1 Å². The van der Waals surface area contributed by atoms with Crippen molar-refractivity contribution in [1.29, 1.82) is 10.5 Å². The summed E-state index contributed by atoms with van der Waals surface area (Å²) >= 11 is 0. The van der Waals surface area contributed by atoms with Crippen LogP contribution in [0.25, 0.3) is 11.0 Å². The van der Waals surface area contributed by atoms with Crippen LogP contribution in [-0.2, 0) is 9.47 Å². The maximum Gasteiger partial charge on any atom is 0.257 e. The van der Waals surface area contributed by atoms with Crippen molar-refractivity contribution in [3.05, 3.63) is 24.2 Å². The third kappa shape index (κ3) is 3.96. The fourth-order valence-electron chi connectivity index (χ4n) is 3.63. The standard InChI is InChI=1S/C21H24N8O3/c1-12(2)32-20-16(9-28(27-20)13(3)6-22)25-21-24-8-14-5-15(7-23)29(19(14)26-21)17-10-31-11-18(17)30-4/h5,8-9,12-13,17-18H,10-11H2,1-4H3,(H,24,25,26)/t13-,17+,18-/m0/s1. The van der Waals surface area contributed by atoms with Crippen molar-refractivity contribution in [3.63, 3.8) is 0 Å². The van der Waals surface area contributed by atoms with E-state index in [0.717, 1.165) is 5.39 Å². The lowest BCUT2D eigenvalue weighted by Crippen LogP contribution is -2.25. The summed E-state index contributed by atoms with van der Waals surface area (Å²) in [4.78, 5) is 9.05. The topological polar surface area (TPSA) is 136 Å². The molecule has 3 aromatic rings. The van der Waals surface area contributed by atoms with Crippen LogP contribution in [0.4, 0.5) is 11.6 Å². The highest BCUT2D eigenvalue weighted by Crippen LogP contribution is 2.31. The fraction of sp³-hybridized carbons (Fsp3) is 0.476. The second kappa shape index (κ2) is 8.83. The molecule has 166 valence electrons. The van der Waals surface area contributed by atoms with Gasteiger partial charge in [-0.05, 0) is 26.8 Å². The smallest absolute Gasteiger partial charge is 0.257 e. The molecule has 1 saturated heterocycles. The average Bonchev–Trinajstić information content (AvgIpc) is 3.49. The van der Waals surface area contributed by atoms with Crippen LogP contribution in [0, 0.1) is 22.7 Å². The van der Waals surface area contributed by atoms with Crippen molar-refractivity contribution in [1.82, 2.24) is 24.3 Å². The van der Waals surface area contributed by atoms with Crippen LogP contribution < -0.4 is 10.1 Å². The van der Waals surface area contributed by atoms with E-state index < -0.39 is 6.04 Å². The summed E-state index contributed by atoms with van der Waals surface area (Å²) in [6.45, 7) is 6.41. The third-order valence-electron chi connectivity index (χ3n) is 5.20. The Morgan fingerprint density at radius 1 is 1.28 bits per heavy atom. The van der Waals surface area contributed by atoms with E-state index in [9.17, 15) is 10.5 Å². The summed E-state index contributed by atoms with van der Waals surface area (Å²) < 4.78 is 20.3. The Hall–Kier alpha value is -3.67. The summed E-state index contributed by atoms with van der Waals surface area (Å²) in [6, 6.07) is 5.49. The number of nitrogens with one attached hydrogen (secondary N) is 1. The lowest BCUT2D eigenvalue weighted by Gasteiger charge is -2.19. The van der Waals surface area contributed by atoms with Gasteiger partial charge in [0, 0.05) is 18.7 Å². The molecule has 1 aliphatic heterocycles. The quantitative estimate of drug-likeness (QED) is 0.593. The monoisotopic (exact) mass is 436 g/mol. The molecule has 0 amide bonds. The molecule has 0 spiro atoms. The molecular formula is C21H24N8O3. The highest BCUT2D eigenvalue weighted by molar-refractivity contribution is 5.79. The van der Waals surface area contributed by atoms with Gasteiger partial charge in [-0.1, -0.05) is 0 Å². The summed E-state index contributed by atoms with van der Waals surface area (Å²) in [7, 11) is 1.63. The van der Waals surface area contributed by atoms with Gasteiger partial charge in [0.25, 0.3) is 5.88 Å². The zero-order valence-electron chi connectivity index (χ0n) is 18.3. The molecule has 1 N–H and O–H groups in total. The Labute approximate surface area is 185 Å². The molecule has 32 heavy (non-hydrogen) atoms. The maximum atomic E-state index is 9.67. The van der Waals surface area contributed by atoms with Gasteiger partial charge >= 0.3 is 0 Å². The fourth-order valence-corrected chi connectivity index (χ4v) is 3.63. The molecule has 3 aromatic heterocycles. The SMILES string of the molecule is CO[C@H]1COC[C@H]1n1c(C#N)cc2cnc(Nc3cn([C@@H](C)C#N)nc3OC(C)C)nc21. The van der Waals surface area contributed by atoms with Crippen LogP contribution in [0.2, 0.25) is 0 Å². The molecule has 11 nitrogen and oxygen atoms in total. The molecule has 1 aliphatic rings. The van der Waals surface area contributed by atoms with Crippen molar-refractivity contribution >= 4 is 22.7 Å². The minimum atomic E-state index is -0.466. The first-order valence-corrected chi connectivity index (χ1v) is 10.3. The van der Waals surface area contributed by atoms with Gasteiger partial charge in [0.05, 0.1) is 37.6 Å². The first-order chi connectivity index (χ1) is 15.4. The van der Waals surface area contributed by atoms with E-state index >= 15 is 0 Å². The van der Waals surface area contributed by atoms with E-state index in [2.05, 4.69) is 32.5 Å². The number of methoxy groups -OCH3 is 1. The molecule has 0 unspecified atom stereocenters. The van der Waals surface area contributed by atoms with E-state index in [4.69, 9.17) is 14.2 Å². The number of anilines is 2. The van der Waals surface area contributed by atoms with Gasteiger partial charge in [-0.2, -0.15) is 15.5 Å². The third-order valence-corrected chi connectivity index (χ3v) is 5.20. The number of nitriles is 2. The van der Waals surface area contributed by atoms with E-state index in [1.165, 1.54) is 4.68 Å². The Morgan fingerprint density at radius 3 is 2.78 bits per heavy atom. The molecule has 1 fully saturated rings. The van der Waals surface area contributed by atoms with Gasteiger partial charge in [0.15, 0.2) is 0 Å². The van der Waals surface area contributed by atoms with Crippen LogP contribution in [0.1, 0.15) is 38.5 Å². The van der Waals surface area contributed by atoms with E-state index in [1.807, 2.05) is 18.4 Å². The second-order valence-corrected chi connectivity index (χ2v) is 7.79. The number of hydrogen-bond donors (Lipinski definition) is 1. The minimum Gasteiger partial charge on any atom is -0.472 e. The minimum absolute atomic E-state index is 0.108. The van der Waals surface area contributed by atoms with Crippen molar-refractivity contribution in [2.24, 2.45) is 0 Å². The number of fused-ring (bicyclic) bond motifs is 1. The van der Waals surface area contributed by atoms with E-state index in [0.29, 0.717) is 42.1 Å². The maximum absolute atomic E-state index is 9.67. The lowest BCUT2D eigenvalue weighted by molar-refractivity contribution is 0.0690. The number of rotatable bonds is 7. The summed E-state index contributed by atoms with van der Waals surface area (Å²) in [5.41, 5.74) is 1.60. The molecule has 4 rings (SSSR count). The molecule has 0 aliphatic carbocycles. The Bertz CT molecular complexity index is 1200. The Balaban J connectivity index is 1.74. The van der Waals surface area contributed by atoms with Crippen molar-refractivity contribution in [2.75, 3.05) is 25.6 Å². The predicted molar refractivity (Wildman–Crippen MR) is 114 cm³/mol. The van der Waals surface area contributed by atoms with Crippen LogP contribution in [0.3, 0.4) is 0 Å². The number of aromatic nitrogens is 5. The second-order valence-electron chi connectivity index (χ2n) is 7.79. The van der Waals surface area contributed by atoms with Gasteiger partial charge in [-0.15, -0.1) is 5.10 Å². The van der Waals surface area contributed by atoms with Crippen LogP contribution >= 0.6 is 0 Å². The Morgan fingerprint density at radius 2 is 2.09 bits per heavy atom. The largest absolute Gasteiger partial charge is 0.472 e. The molecular weight excluding hydrogens is 412 g/mol. The van der Waals surface area contributed by atoms with Gasteiger partial charge in [0.1, 0.15) is 35.2 Å². The van der Waals surface area contributed by atoms with Crippen LogP contribution in [-0.4, -0.2) is 56.8 Å². The van der Waals surface area contributed by atoms with Gasteiger partial charge in [-0.25, -0.2) is 9.67 Å². The number of nitrogens with zero attached hydrogens (tertiary/aromatic N) is 7. The Kier molecular flexibility index (Phi) is 5.95. The molecule has 0 saturated carbocycles. The first-order valence-electron chi connectivity index (χ1n) is 10.3. The predicted octanol–water partition coefficient (Wildman–Crippen LogP) is 2.70. The molecule has 0 aromatic carbocycles. The average molecular weight is 436 g/mol. The summed E-state index contributed by atoms with van der Waals surface area (Å²) in [5, 5.41) is 27.2.